The highest BCUT2D eigenvalue weighted by Gasteiger charge is 2.31. The van der Waals surface area contributed by atoms with Gasteiger partial charge in [-0.1, -0.05) is 35.8 Å². The van der Waals surface area contributed by atoms with Crippen molar-refractivity contribution in [2.75, 3.05) is 13.2 Å². The lowest BCUT2D eigenvalue weighted by atomic mass is 10.0. The van der Waals surface area contributed by atoms with Crippen LogP contribution in [0.15, 0.2) is 28.8 Å². The van der Waals surface area contributed by atoms with Crippen molar-refractivity contribution in [3.05, 3.63) is 35.1 Å². The van der Waals surface area contributed by atoms with Crippen LogP contribution in [0.4, 0.5) is 0 Å². The van der Waals surface area contributed by atoms with Gasteiger partial charge < -0.3 is 9.63 Å². The summed E-state index contributed by atoms with van der Waals surface area (Å²) in [4.78, 5) is 6.61. The normalized spacial score (nSPS) is 22.8. The first-order valence-electron chi connectivity index (χ1n) is 7.11. The molecule has 0 saturated carbocycles. The van der Waals surface area contributed by atoms with E-state index in [9.17, 15) is 5.11 Å². The summed E-state index contributed by atoms with van der Waals surface area (Å²) in [7, 11) is 0. The Hall–Kier alpha value is -1.43. The SMILES string of the molecule is CC1CCN(Cc2noc(-c3ccccc3Cl)n2)C1CO. The van der Waals surface area contributed by atoms with Crippen molar-refractivity contribution < 1.29 is 9.63 Å². The lowest BCUT2D eigenvalue weighted by molar-refractivity contribution is 0.131. The van der Waals surface area contributed by atoms with Crippen molar-refractivity contribution in [2.45, 2.75) is 25.9 Å². The minimum Gasteiger partial charge on any atom is -0.395 e. The number of nitrogens with zero attached hydrogens (tertiary/aromatic N) is 3. The largest absolute Gasteiger partial charge is 0.395 e. The van der Waals surface area contributed by atoms with Gasteiger partial charge in [-0.25, -0.2) is 0 Å². The molecule has 0 spiro atoms. The molecule has 0 aliphatic carbocycles. The third-order valence-corrected chi connectivity index (χ3v) is 4.43. The van der Waals surface area contributed by atoms with Gasteiger partial charge >= 0.3 is 0 Å². The Labute approximate surface area is 128 Å². The summed E-state index contributed by atoms with van der Waals surface area (Å²) in [6.07, 6.45) is 1.08. The van der Waals surface area contributed by atoms with Crippen molar-refractivity contribution in [3.8, 4) is 11.5 Å². The number of hydrogen-bond acceptors (Lipinski definition) is 5. The summed E-state index contributed by atoms with van der Waals surface area (Å²) < 4.78 is 5.30. The molecule has 5 nitrogen and oxygen atoms in total. The molecule has 112 valence electrons. The van der Waals surface area contributed by atoms with E-state index in [2.05, 4.69) is 22.0 Å². The molecule has 2 heterocycles. The first-order valence-corrected chi connectivity index (χ1v) is 7.49. The fraction of sp³-hybridized carbons (Fsp3) is 0.467. The average Bonchev–Trinajstić information content (AvgIpc) is 3.07. The van der Waals surface area contributed by atoms with Gasteiger partial charge in [-0.3, -0.25) is 4.90 Å². The second kappa shape index (κ2) is 6.13. The summed E-state index contributed by atoms with van der Waals surface area (Å²) in [5.74, 6) is 1.55. The Kier molecular flexibility index (Phi) is 4.24. The van der Waals surface area contributed by atoms with Gasteiger partial charge in [0.2, 0.25) is 0 Å². The Morgan fingerprint density at radius 2 is 2.24 bits per heavy atom. The first kappa shape index (κ1) is 14.5. The Bertz CT molecular complexity index is 616. The number of likely N-dealkylation sites (tertiary alicyclic amines) is 1. The van der Waals surface area contributed by atoms with Gasteiger partial charge in [0.25, 0.3) is 5.89 Å². The Morgan fingerprint density at radius 1 is 1.43 bits per heavy atom. The molecule has 1 fully saturated rings. The number of aliphatic hydroxyl groups is 1. The molecular formula is C15H18ClN3O2. The predicted octanol–water partition coefficient (Wildman–Crippen LogP) is 2.59. The molecule has 0 radical (unpaired) electrons. The highest BCUT2D eigenvalue weighted by Crippen LogP contribution is 2.28. The average molecular weight is 308 g/mol. The molecule has 1 N–H and O–H groups in total. The van der Waals surface area contributed by atoms with Gasteiger partial charge in [0.15, 0.2) is 5.82 Å². The molecule has 1 aromatic heterocycles. The van der Waals surface area contributed by atoms with Crippen LogP contribution in [-0.2, 0) is 6.54 Å². The maximum Gasteiger partial charge on any atom is 0.259 e. The van der Waals surface area contributed by atoms with Crippen LogP contribution in [0.25, 0.3) is 11.5 Å². The summed E-state index contributed by atoms with van der Waals surface area (Å²) in [5.41, 5.74) is 0.742. The van der Waals surface area contributed by atoms with E-state index in [-0.39, 0.29) is 12.6 Å². The smallest absolute Gasteiger partial charge is 0.259 e. The summed E-state index contributed by atoms with van der Waals surface area (Å²) in [6.45, 7) is 3.86. The molecule has 3 rings (SSSR count). The Morgan fingerprint density at radius 3 is 3.00 bits per heavy atom. The van der Waals surface area contributed by atoms with Crippen LogP contribution in [0.5, 0.6) is 0 Å². The van der Waals surface area contributed by atoms with Crippen molar-refractivity contribution in [3.63, 3.8) is 0 Å². The maximum atomic E-state index is 9.48. The number of halogens is 1. The zero-order valence-electron chi connectivity index (χ0n) is 11.9. The molecule has 1 aliphatic rings. The molecule has 21 heavy (non-hydrogen) atoms. The lowest BCUT2D eigenvalue weighted by Gasteiger charge is -2.23. The quantitative estimate of drug-likeness (QED) is 0.940. The fourth-order valence-electron chi connectivity index (χ4n) is 2.82. The van der Waals surface area contributed by atoms with Gasteiger partial charge in [-0.05, 0) is 31.0 Å². The van der Waals surface area contributed by atoms with Crippen LogP contribution < -0.4 is 0 Å². The summed E-state index contributed by atoms with van der Waals surface area (Å²) in [5, 5.41) is 14.1. The number of benzene rings is 1. The number of aromatic nitrogens is 2. The molecule has 0 amide bonds. The minimum absolute atomic E-state index is 0.163. The fourth-order valence-corrected chi connectivity index (χ4v) is 3.04. The molecule has 1 aromatic carbocycles. The molecular weight excluding hydrogens is 290 g/mol. The highest BCUT2D eigenvalue weighted by molar-refractivity contribution is 6.33. The van der Waals surface area contributed by atoms with Gasteiger partial charge in [0.1, 0.15) is 0 Å². The molecule has 1 aliphatic heterocycles. The van der Waals surface area contributed by atoms with E-state index in [1.165, 1.54) is 0 Å². The van der Waals surface area contributed by atoms with Crippen molar-refractivity contribution in [1.82, 2.24) is 15.0 Å². The zero-order chi connectivity index (χ0) is 14.8. The van der Waals surface area contributed by atoms with Gasteiger partial charge in [0.05, 0.1) is 23.7 Å². The van der Waals surface area contributed by atoms with E-state index in [1.54, 1.807) is 6.07 Å². The lowest BCUT2D eigenvalue weighted by Crippen LogP contribution is -2.34. The van der Waals surface area contributed by atoms with E-state index in [4.69, 9.17) is 16.1 Å². The zero-order valence-corrected chi connectivity index (χ0v) is 12.6. The topological polar surface area (TPSA) is 62.4 Å². The first-order chi connectivity index (χ1) is 10.2. The molecule has 2 unspecified atom stereocenters. The van der Waals surface area contributed by atoms with Crippen LogP contribution in [-0.4, -0.2) is 39.3 Å². The van der Waals surface area contributed by atoms with Crippen LogP contribution in [0.3, 0.4) is 0 Å². The van der Waals surface area contributed by atoms with Crippen molar-refractivity contribution in [2.24, 2.45) is 5.92 Å². The third kappa shape index (κ3) is 2.95. The van der Waals surface area contributed by atoms with Crippen molar-refractivity contribution in [1.29, 1.82) is 0 Å². The van der Waals surface area contributed by atoms with E-state index >= 15 is 0 Å². The number of rotatable bonds is 4. The van der Waals surface area contributed by atoms with Crippen LogP contribution in [0.2, 0.25) is 5.02 Å². The van der Waals surface area contributed by atoms with Crippen LogP contribution in [0, 0.1) is 5.92 Å². The van der Waals surface area contributed by atoms with Crippen LogP contribution in [0.1, 0.15) is 19.2 Å². The monoisotopic (exact) mass is 307 g/mol. The van der Waals surface area contributed by atoms with Crippen LogP contribution >= 0.6 is 11.6 Å². The second-order valence-corrected chi connectivity index (χ2v) is 5.89. The Balaban J connectivity index is 1.76. The summed E-state index contributed by atoms with van der Waals surface area (Å²) in [6, 6.07) is 7.57. The van der Waals surface area contributed by atoms with E-state index < -0.39 is 0 Å². The van der Waals surface area contributed by atoms with Gasteiger partial charge in [-0.15, -0.1) is 0 Å². The summed E-state index contributed by atoms with van der Waals surface area (Å²) >= 11 is 6.13. The predicted molar refractivity (Wildman–Crippen MR) is 79.8 cm³/mol. The van der Waals surface area contributed by atoms with E-state index in [1.807, 2.05) is 18.2 Å². The molecule has 2 aromatic rings. The minimum atomic E-state index is 0.163. The molecule has 0 bridgehead atoms. The molecule has 2 atom stereocenters. The van der Waals surface area contributed by atoms with Gasteiger partial charge in [-0.2, -0.15) is 4.98 Å². The van der Waals surface area contributed by atoms with E-state index in [0.29, 0.717) is 29.2 Å². The van der Waals surface area contributed by atoms with Gasteiger partial charge in [0, 0.05) is 6.04 Å². The second-order valence-electron chi connectivity index (χ2n) is 5.48. The van der Waals surface area contributed by atoms with Crippen molar-refractivity contribution >= 4 is 11.6 Å². The standard InChI is InChI=1S/C15H18ClN3O2/c1-10-6-7-19(13(10)9-20)8-14-17-15(21-18-14)11-4-2-3-5-12(11)16/h2-5,10,13,20H,6-9H2,1H3. The maximum absolute atomic E-state index is 9.48. The number of aliphatic hydroxyl groups excluding tert-OH is 1. The highest BCUT2D eigenvalue weighted by atomic mass is 35.5. The molecule has 6 heteroatoms. The molecule has 1 saturated heterocycles. The third-order valence-electron chi connectivity index (χ3n) is 4.10. The number of hydrogen-bond donors (Lipinski definition) is 1. The van der Waals surface area contributed by atoms with E-state index in [0.717, 1.165) is 18.5 Å².